The standard InChI is InChI=1S/C33H30F5N7O4/c1-31(2,42-30(47)49-18-20-8-5-4-6-9-20)21-14-25(23-11-10-22(34)16-24(23)35)41-27(15-21)32(48,33(36,37)38)19-39-29(46)26-17-28(43-44(26)3)45-13-7-12-40-45/h4-17,48H,18-19H2,1-3H3,(H,39,46)(H,42,47). The van der Waals surface area contributed by atoms with Crippen LogP contribution in [-0.4, -0.2) is 54.4 Å². The summed E-state index contributed by atoms with van der Waals surface area (Å²) >= 11 is 0. The maximum atomic E-state index is 15.0. The van der Waals surface area contributed by atoms with Crippen molar-refractivity contribution in [2.24, 2.45) is 7.05 Å². The first-order chi connectivity index (χ1) is 23.1. The van der Waals surface area contributed by atoms with Gasteiger partial charge in [0.05, 0.1) is 23.5 Å². The van der Waals surface area contributed by atoms with Gasteiger partial charge in [-0.25, -0.2) is 23.2 Å². The number of nitrogens with zero attached hydrogens (tertiary/aromatic N) is 5. The molecule has 5 aromatic rings. The van der Waals surface area contributed by atoms with Crippen LogP contribution in [0.3, 0.4) is 0 Å². The maximum absolute atomic E-state index is 15.0. The molecule has 1 unspecified atom stereocenters. The third kappa shape index (κ3) is 7.59. The van der Waals surface area contributed by atoms with E-state index >= 15 is 0 Å². The van der Waals surface area contributed by atoms with Gasteiger partial charge in [0.2, 0.25) is 5.60 Å². The van der Waals surface area contributed by atoms with Crippen molar-refractivity contribution in [3.63, 3.8) is 0 Å². The average Bonchev–Trinajstić information content (AvgIpc) is 3.72. The van der Waals surface area contributed by atoms with Crippen LogP contribution >= 0.6 is 0 Å². The number of aryl methyl sites for hydroxylation is 1. The van der Waals surface area contributed by atoms with Crippen molar-refractivity contribution in [3.05, 3.63) is 119 Å². The fraction of sp³-hybridized carbons (Fsp3) is 0.242. The van der Waals surface area contributed by atoms with Crippen molar-refractivity contribution in [3.8, 4) is 17.1 Å². The highest BCUT2D eigenvalue weighted by Crippen LogP contribution is 2.40. The monoisotopic (exact) mass is 683 g/mol. The lowest BCUT2D eigenvalue weighted by Crippen LogP contribution is -2.52. The molecule has 0 radical (unpaired) electrons. The molecule has 3 N–H and O–H groups in total. The number of hydrogen-bond donors (Lipinski definition) is 3. The summed E-state index contributed by atoms with van der Waals surface area (Å²) in [7, 11) is 1.40. The topological polar surface area (TPSA) is 136 Å². The van der Waals surface area contributed by atoms with Gasteiger partial charge in [-0.05, 0) is 55.3 Å². The van der Waals surface area contributed by atoms with Crippen LogP contribution in [-0.2, 0) is 29.5 Å². The second kappa shape index (κ2) is 13.5. The largest absolute Gasteiger partial charge is 0.445 e. The van der Waals surface area contributed by atoms with Crippen molar-refractivity contribution in [2.45, 2.75) is 37.8 Å². The van der Waals surface area contributed by atoms with Crippen molar-refractivity contribution < 1.29 is 41.4 Å². The Balaban J connectivity index is 1.50. The number of rotatable bonds is 10. The van der Waals surface area contributed by atoms with E-state index in [9.17, 15) is 36.6 Å². The Bertz CT molecular complexity index is 1960. The van der Waals surface area contributed by atoms with Crippen LogP contribution in [0.5, 0.6) is 0 Å². The minimum Gasteiger partial charge on any atom is -0.445 e. The van der Waals surface area contributed by atoms with Crippen LogP contribution in [0, 0.1) is 11.6 Å². The summed E-state index contributed by atoms with van der Waals surface area (Å²) in [5, 5.41) is 24.1. The summed E-state index contributed by atoms with van der Waals surface area (Å²) in [6, 6.07) is 16.1. The van der Waals surface area contributed by atoms with Crippen molar-refractivity contribution in [1.82, 2.24) is 35.2 Å². The second-order valence-corrected chi connectivity index (χ2v) is 11.6. The summed E-state index contributed by atoms with van der Waals surface area (Å²) in [6.45, 7) is 1.35. The zero-order valence-electron chi connectivity index (χ0n) is 26.3. The van der Waals surface area contributed by atoms with Gasteiger partial charge in [0.15, 0.2) is 5.82 Å². The van der Waals surface area contributed by atoms with Crippen LogP contribution in [0.25, 0.3) is 17.1 Å². The van der Waals surface area contributed by atoms with E-state index in [1.54, 1.807) is 42.6 Å². The molecule has 5 rings (SSSR count). The van der Waals surface area contributed by atoms with E-state index in [1.807, 2.05) is 0 Å². The summed E-state index contributed by atoms with van der Waals surface area (Å²) in [5.74, 6) is -2.89. The molecule has 256 valence electrons. The molecule has 11 nitrogen and oxygen atoms in total. The highest BCUT2D eigenvalue weighted by Gasteiger charge is 2.57. The van der Waals surface area contributed by atoms with E-state index in [-0.39, 0.29) is 29.2 Å². The molecule has 1 atom stereocenters. The van der Waals surface area contributed by atoms with Crippen molar-refractivity contribution in [2.75, 3.05) is 6.54 Å². The number of aliphatic hydroxyl groups is 1. The molecule has 3 aromatic heterocycles. The van der Waals surface area contributed by atoms with E-state index < -0.39 is 58.9 Å². The van der Waals surface area contributed by atoms with Crippen molar-refractivity contribution in [1.29, 1.82) is 0 Å². The van der Waals surface area contributed by atoms with Crippen LogP contribution in [0.4, 0.5) is 26.7 Å². The zero-order valence-corrected chi connectivity index (χ0v) is 26.3. The fourth-order valence-electron chi connectivity index (χ4n) is 4.84. The van der Waals surface area contributed by atoms with E-state index in [0.717, 1.165) is 22.9 Å². The number of pyridine rings is 1. The highest BCUT2D eigenvalue weighted by atomic mass is 19.4. The van der Waals surface area contributed by atoms with Crippen LogP contribution in [0.2, 0.25) is 0 Å². The number of ether oxygens (including phenoxy) is 1. The average molecular weight is 684 g/mol. The van der Waals surface area contributed by atoms with E-state index in [4.69, 9.17) is 4.74 Å². The fourth-order valence-corrected chi connectivity index (χ4v) is 4.84. The number of aromatic nitrogens is 5. The first kappa shape index (κ1) is 34.7. The number of alkyl halides is 3. The number of carbonyl (C=O) groups excluding carboxylic acids is 2. The van der Waals surface area contributed by atoms with Crippen LogP contribution < -0.4 is 10.6 Å². The van der Waals surface area contributed by atoms with Gasteiger partial charge in [0, 0.05) is 37.1 Å². The van der Waals surface area contributed by atoms with Gasteiger partial charge in [-0.3, -0.25) is 9.48 Å². The normalized spacial score (nSPS) is 13.1. The molecular weight excluding hydrogens is 653 g/mol. The second-order valence-electron chi connectivity index (χ2n) is 11.6. The molecule has 49 heavy (non-hydrogen) atoms. The maximum Gasteiger partial charge on any atom is 0.424 e. The zero-order chi connectivity index (χ0) is 35.6. The molecule has 0 saturated heterocycles. The SMILES string of the molecule is Cn1nc(-n2cccn2)cc1C(=O)NCC(O)(c1cc(C(C)(C)NC(=O)OCc2ccccc2)cc(-c2ccc(F)cc2F)n1)C(F)(F)F. The van der Waals surface area contributed by atoms with Crippen molar-refractivity contribution >= 4 is 12.0 Å². The molecule has 0 aliphatic heterocycles. The van der Waals surface area contributed by atoms with Crippen LogP contribution in [0.15, 0.2) is 85.2 Å². The Morgan fingerprint density at radius 2 is 1.71 bits per heavy atom. The third-order valence-electron chi connectivity index (χ3n) is 7.62. The summed E-state index contributed by atoms with van der Waals surface area (Å²) in [6.07, 6.45) is -3.35. The summed E-state index contributed by atoms with van der Waals surface area (Å²) < 4.78 is 80.8. The molecule has 0 bridgehead atoms. The number of alkyl carbamates (subject to hydrolysis) is 1. The Hall–Kier alpha value is -5.64. The molecular formula is C33H30F5N7O4. The van der Waals surface area contributed by atoms with Gasteiger partial charge >= 0.3 is 12.3 Å². The lowest BCUT2D eigenvalue weighted by atomic mass is 9.88. The van der Waals surface area contributed by atoms with Gasteiger partial charge in [0.1, 0.15) is 23.9 Å². The van der Waals surface area contributed by atoms with Crippen LogP contribution in [0.1, 0.15) is 41.2 Å². The molecule has 16 heteroatoms. The van der Waals surface area contributed by atoms with Gasteiger partial charge < -0.3 is 20.5 Å². The van der Waals surface area contributed by atoms with Gasteiger partial charge in [-0.1, -0.05) is 30.3 Å². The number of hydrogen-bond acceptors (Lipinski definition) is 7. The molecule has 0 saturated carbocycles. The minimum absolute atomic E-state index is 0.0580. The van der Waals surface area contributed by atoms with E-state index in [1.165, 1.54) is 43.9 Å². The molecule has 3 heterocycles. The van der Waals surface area contributed by atoms with Gasteiger partial charge in [0.25, 0.3) is 5.91 Å². The number of carbonyl (C=O) groups is 2. The molecule has 0 aliphatic carbocycles. The van der Waals surface area contributed by atoms with Gasteiger partial charge in [-0.2, -0.15) is 23.4 Å². The number of nitrogens with one attached hydrogen (secondary N) is 2. The third-order valence-corrected chi connectivity index (χ3v) is 7.62. The molecule has 2 aromatic carbocycles. The molecule has 0 fully saturated rings. The van der Waals surface area contributed by atoms with E-state index in [2.05, 4.69) is 25.8 Å². The number of amides is 2. The Morgan fingerprint density at radius 1 is 0.980 bits per heavy atom. The molecule has 2 amide bonds. The minimum atomic E-state index is -5.44. The first-order valence-corrected chi connectivity index (χ1v) is 14.7. The molecule has 0 spiro atoms. The Kier molecular flexibility index (Phi) is 9.53. The van der Waals surface area contributed by atoms with E-state index in [0.29, 0.717) is 11.6 Å². The predicted molar refractivity (Wildman–Crippen MR) is 165 cm³/mol. The first-order valence-electron chi connectivity index (χ1n) is 14.7. The lowest BCUT2D eigenvalue weighted by Gasteiger charge is -2.33. The summed E-state index contributed by atoms with van der Waals surface area (Å²) in [5.41, 5.74) is -6.70. The predicted octanol–water partition coefficient (Wildman–Crippen LogP) is 5.29. The summed E-state index contributed by atoms with van der Waals surface area (Å²) in [4.78, 5) is 29.8. The highest BCUT2D eigenvalue weighted by molar-refractivity contribution is 5.93. The Morgan fingerprint density at radius 3 is 2.37 bits per heavy atom. The Labute approximate surface area is 276 Å². The number of halogens is 5. The smallest absolute Gasteiger partial charge is 0.424 e. The molecule has 0 aliphatic rings. The lowest BCUT2D eigenvalue weighted by molar-refractivity contribution is -0.265. The quantitative estimate of drug-likeness (QED) is 0.170. The number of benzene rings is 2. The van der Waals surface area contributed by atoms with Gasteiger partial charge in [-0.15, -0.1) is 0 Å².